The number of aromatic nitrogens is 2. The van der Waals surface area contributed by atoms with Gasteiger partial charge in [0.15, 0.2) is 0 Å². The quantitative estimate of drug-likeness (QED) is 0.772. The van der Waals surface area contributed by atoms with Crippen LogP contribution in [0.4, 0.5) is 0 Å². The molecule has 0 radical (unpaired) electrons. The molecule has 6 nitrogen and oxygen atoms in total. The number of aliphatic carboxylic acids is 1. The van der Waals surface area contributed by atoms with Crippen molar-refractivity contribution in [3.63, 3.8) is 0 Å². The van der Waals surface area contributed by atoms with E-state index in [-0.39, 0.29) is 12.3 Å². The smallest absolute Gasteiger partial charge is 0.305 e. The number of hydrogen-bond acceptors (Lipinski definition) is 4. The molecule has 0 fully saturated rings. The molecule has 0 aromatic carbocycles. The molecule has 1 rings (SSSR count). The minimum Gasteiger partial charge on any atom is -0.481 e. The minimum atomic E-state index is -0.991. The van der Waals surface area contributed by atoms with Crippen LogP contribution < -0.4 is 5.32 Å². The first-order valence-corrected chi connectivity index (χ1v) is 4.77. The van der Waals surface area contributed by atoms with Crippen LogP contribution in [-0.4, -0.2) is 27.0 Å². The third-order valence-electron chi connectivity index (χ3n) is 1.91. The fraction of sp³-hybridized carbons (Fsp3) is 0.400. The number of amides is 1. The number of carbonyl (C=O) groups excluding carboxylic acids is 1. The molecule has 0 saturated heterocycles. The van der Waals surface area contributed by atoms with Gasteiger partial charge in [-0.05, 0) is 13.0 Å². The first-order valence-electron chi connectivity index (χ1n) is 4.77. The average molecular weight is 223 g/mol. The Hall–Kier alpha value is -1.98. The average Bonchev–Trinajstić information content (AvgIpc) is 2.15. The Bertz CT molecular complexity index is 390. The van der Waals surface area contributed by atoms with Gasteiger partial charge in [-0.25, -0.2) is 9.97 Å². The molecule has 0 bridgehead atoms. The maximum Gasteiger partial charge on any atom is 0.305 e. The second-order valence-corrected chi connectivity index (χ2v) is 3.38. The molecular formula is C10H13N3O3. The van der Waals surface area contributed by atoms with Gasteiger partial charge in [0, 0.05) is 13.1 Å². The molecule has 0 aliphatic heterocycles. The van der Waals surface area contributed by atoms with E-state index in [0.717, 1.165) is 0 Å². The predicted molar refractivity (Wildman–Crippen MR) is 55.6 cm³/mol. The van der Waals surface area contributed by atoms with Gasteiger partial charge in [0.1, 0.15) is 5.82 Å². The first kappa shape index (κ1) is 12.1. The van der Waals surface area contributed by atoms with Crippen LogP contribution in [0.1, 0.15) is 30.9 Å². The Morgan fingerprint density at radius 3 is 2.75 bits per heavy atom. The molecule has 0 aliphatic carbocycles. The van der Waals surface area contributed by atoms with Crippen LogP contribution in [0.3, 0.4) is 0 Å². The summed E-state index contributed by atoms with van der Waals surface area (Å²) in [5.74, 6) is -0.740. The van der Waals surface area contributed by atoms with Gasteiger partial charge in [0.25, 0.3) is 0 Å². The Kier molecular flexibility index (Phi) is 3.93. The van der Waals surface area contributed by atoms with Crippen molar-refractivity contribution in [2.75, 3.05) is 0 Å². The molecule has 1 heterocycles. The third kappa shape index (κ3) is 3.64. The van der Waals surface area contributed by atoms with E-state index >= 15 is 0 Å². The van der Waals surface area contributed by atoms with Crippen LogP contribution in [0.5, 0.6) is 0 Å². The van der Waals surface area contributed by atoms with Gasteiger partial charge in [0.2, 0.25) is 5.91 Å². The molecule has 0 aliphatic rings. The molecule has 16 heavy (non-hydrogen) atoms. The van der Waals surface area contributed by atoms with Gasteiger partial charge >= 0.3 is 5.97 Å². The zero-order valence-electron chi connectivity index (χ0n) is 9.10. The molecule has 6 heteroatoms. The molecule has 1 aromatic heterocycles. The lowest BCUT2D eigenvalue weighted by molar-refractivity contribution is -0.137. The lowest BCUT2D eigenvalue weighted by Crippen LogP contribution is -2.28. The zero-order valence-corrected chi connectivity index (χ0v) is 9.10. The number of carboxylic acids is 1. The topological polar surface area (TPSA) is 92.2 Å². The fourth-order valence-electron chi connectivity index (χ4n) is 1.32. The molecule has 0 saturated carbocycles. The van der Waals surface area contributed by atoms with E-state index in [1.54, 1.807) is 13.0 Å². The Balaban J connectivity index is 2.90. The van der Waals surface area contributed by atoms with Gasteiger partial charge < -0.3 is 10.4 Å². The summed E-state index contributed by atoms with van der Waals surface area (Å²) in [6, 6.07) is 0.980. The number of rotatable bonds is 4. The lowest BCUT2D eigenvalue weighted by atomic mass is 10.1. The number of hydrogen-bond donors (Lipinski definition) is 2. The third-order valence-corrected chi connectivity index (χ3v) is 1.91. The highest BCUT2D eigenvalue weighted by Crippen LogP contribution is 2.13. The molecular weight excluding hydrogens is 210 g/mol. The van der Waals surface area contributed by atoms with Gasteiger partial charge in [-0.2, -0.15) is 0 Å². The Labute approximate surface area is 92.7 Å². The summed E-state index contributed by atoms with van der Waals surface area (Å²) in [7, 11) is 0. The number of carboxylic acid groups (broad SMARTS) is 1. The van der Waals surface area contributed by atoms with Crippen LogP contribution >= 0.6 is 0 Å². The number of aryl methyl sites for hydroxylation is 1. The monoisotopic (exact) mass is 223 g/mol. The van der Waals surface area contributed by atoms with E-state index in [9.17, 15) is 9.59 Å². The maximum absolute atomic E-state index is 10.9. The van der Waals surface area contributed by atoms with Gasteiger partial charge in [-0.15, -0.1) is 0 Å². The molecule has 1 aromatic rings. The van der Waals surface area contributed by atoms with E-state index < -0.39 is 12.0 Å². The SMILES string of the molecule is CC(=O)N[C@@H](CC(=O)O)c1ccnc(C)n1. The summed E-state index contributed by atoms with van der Waals surface area (Å²) >= 11 is 0. The van der Waals surface area contributed by atoms with Crippen LogP contribution in [-0.2, 0) is 9.59 Å². The summed E-state index contributed by atoms with van der Waals surface area (Å²) in [5, 5.41) is 11.3. The second kappa shape index (κ2) is 5.20. The van der Waals surface area contributed by atoms with Crippen molar-refractivity contribution < 1.29 is 14.7 Å². The Morgan fingerprint density at radius 2 is 2.25 bits per heavy atom. The molecule has 1 amide bonds. The molecule has 86 valence electrons. The van der Waals surface area contributed by atoms with E-state index in [4.69, 9.17) is 5.11 Å². The number of nitrogens with zero attached hydrogens (tertiary/aromatic N) is 2. The van der Waals surface area contributed by atoms with Crippen LogP contribution in [0, 0.1) is 6.92 Å². The summed E-state index contributed by atoms with van der Waals surface area (Å²) in [5.41, 5.74) is 0.505. The summed E-state index contributed by atoms with van der Waals surface area (Å²) < 4.78 is 0. The van der Waals surface area contributed by atoms with E-state index in [0.29, 0.717) is 11.5 Å². The highest BCUT2D eigenvalue weighted by molar-refractivity contribution is 5.75. The minimum absolute atomic E-state index is 0.198. The van der Waals surface area contributed by atoms with E-state index in [2.05, 4.69) is 15.3 Å². The van der Waals surface area contributed by atoms with Crippen molar-refractivity contribution in [3.05, 3.63) is 23.8 Å². The highest BCUT2D eigenvalue weighted by atomic mass is 16.4. The van der Waals surface area contributed by atoms with Crippen LogP contribution in [0.2, 0.25) is 0 Å². The highest BCUT2D eigenvalue weighted by Gasteiger charge is 2.17. The largest absolute Gasteiger partial charge is 0.481 e. The molecule has 0 spiro atoms. The van der Waals surface area contributed by atoms with Crippen LogP contribution in [0.25, 0.3) is 0 Å². The molecule has 2 N–H and O–H groups in total. The second-order valence-electron chi connectivity index (χ2n) is 3.38. The first-order chi connectivity index (χ1) is 7.49. The standard InChI is InChI=1S/C10H13N3O3/c1-6-11-4-3-8(12-6)9(5-10(15)16)13-7(2)14/h3-4,9H,5H2,1-2H3,(H,13,14)(H,15,16)/t9-/m0/s1. The van der Waals surface area contributed by atoms with Gasteiger partial charge in [0.05, 0.1) is 18.2 Å². The lowest BCUT2D eigenvalue weighted by Gasteiger charge is -2.15. The van der Waals surface area contributed by atoms with Gasteiger partial charge in [-0.1, -0.05) is 0 Å². The van der Waals surface area contributed by atoms with Crippen molar-refractivity contribution in [2.45, 2.75) is 26.3 Å². The van der Waals surface area contributed by atoms with Crippen molar-refractivity contribution in [1.82, 2.24) is 15.3 Å². The predicted octanol–water partition coefficient (Wildman–Crippen LogP) is 0.437. The summed E-state index contributed by atoms with van der Waals surface area (Å²) in [6.07, 6.45) is 1.34. The van der Waals surface area contributed by atoms with Crippen molar-refractivity contribution in [1.29, 1.82) is 0 Å². The molecule has 0 unspecified atom stereocenters. The normalized spacial score (nSPS) is 11.9. The fourth-order valence-corrected chi connectivity index (χ4v) is 1.32. The van der Waals surface area contributed by atoms with Crippen molar-refractivity contribution in [3.8, 4) is 0 Å². The van der Waals surface area contributed by atoms with Crippen molar-refractivity contribution in [2.24, 2.45) is 0 Å². The Morgan fingerprint density at radius 1 is 1.56 bits per heavy atom. The van der Waals surface area contributed by atoms with Crippen LogP contribution in [0.15, 0.2) is 12.3 Å². The maximum atomic E-state index is 10.9. The molecule has 1 atom stereocenters. The summed E-state index contributed by atoms with van der Waals surface area (Å²) in [4.78, 5) is 29.6. The van der Waals surface area contributed by atoms with E-state index in [1.165, 1.54) is 13.1 Å². The number of carbonyl (C=O) groups is 2. The zero-order chi connectivity index (χ0) is 12.1. The summed E-state index contributed by atoms with van der Waals surface area (Å²) in [6.45, 7) is 3.04. The number of nitrogens with one attached hydrogen (secondary N) is 1. The van der Waals surface area contributed by atoms with Gasteiger partial charge in [-0.3, -0.25) is 9.59 Å². The van der Waals surface area contributed by atoms with E-state index in [1.807, 2.05) is 0 Å². The van der Waals surface area contributed by atoms with Crippen molar-refractivity contribution >= 4 is 11.9 Å².